The van der Waals surface area contributed by atoms with E-state index in [4.69, 9.17) is 4.74 Å². The van der Waals surface area contributed by atoms with Crippen molar-refractivity contribution in [2.24, 2.45) is 0 Å². The van der Waals surface area contributed by atoms with Gasteiger partial charge in [-0.05, 0) is 56.4 Å². The lowest BCUT2D eigenvalue weighted by Crippen LogP contribution is -2.59. The number of carbonyl (C=O) groups is 1. The van der Waals surface area contributed by atoms with E-state index in [-0.39, 0.29) is 36.9 Å². The molecule has 4 atom stereocenters. The molecule has 1 aromatic heterocycles. The van der Waals surface area contributed by atoms with Crippen LogP contribution in [0.2, 0.25) is 0 Å². The van der Waals surface area contributed by atoms with E-state index >= 15 is 0 Å². The summed E-state index contributed by atoms with van der Waals surface area (Å²) in [6.45, 7) is 6.61. The van der Waals surface area contributed by atoms with Crippen molar-refractivity contribution in [2.75, 3.05) is 13.2 Å². The minimum Gasteiger partial charge on any atom is -0.394 e. The monoisotopic (exact) mass is 386 g/mol. The third-order valence-corrected chi connectivity index (χ3v) is 5.42. The number of ether oxygens (including phenoxy) is 1. The predicted octanol–water partition coefficient (Wildman–Crippen LogP) is 2.12. The lowest BCUT2D eigenvalue weighted by molar-refractivity contribution is -0.0575. The van der Waals surface area contributed by atoms with Crippen LogP contribution >= 0.6 is 0 Å². The van der Waals surface area contributed by atoms with Gasteiger partial charge in [0.2, 0.25) is 0 Å². The average Bonchev–Trinajstić information content (AvgIpc) is 3.16. The van der Waals surface area contributed by atoms with E-state index in [1.165, 1.54) is 11.1 Å². The molecule has 7 heteroatoms. The molecule has 1 fully saturated rings. The van der Waals surface area contributed by atoms with Gasteiger partial charge < -0.3 is 20.5 Å². The molecule has 1 aliphatic rings. The van der Waals surface area contributed by atoms with Crippen LogP contribution in [0.25, 0.3) is 0 Å². The molecule has 7 nitrogen and oxygen atoms in total. The molecule has 4 unspecified atom stereocenters. The van der Waals surface area contributed by atoms with E-state index < -0.39 is 0 Å². The number of amides is 2. The van der Waals surface area contributed by atoms with Crippen molar-refractivity contribution in [2.45, 2.75) is 57.8 Å². The summed E-state index contributed by atoms with van der Waals surface area (Å²) in [7, 11) is 0. The highest BCUT2D eigenvalue weighted by Crippen LogP contribution is 2.34. The van der Waals surface area contributed by atoms with Gasteiger partial charge in [0, 0.05) is 19.0 Å². The van der Waals surface area contributed by atoms with Crippen LogP contribution in [0.3, 0.4) is 0 Å². The topological polar surface area (TPSA) is 88.4 Å². The zero-order chi connectivity index (χ0) is 20.1. The number of aromatic nitrogens is 2. The summed E-state index contributed by atoms with van der Waals surface area (Å²) in [6.07, 6.45) is 4.98. The van der Waals surface area contributed by atoms with E-state index in [0.29, 0.717) is 13.0 Å². The van der Waals surface area contributed by atoms with Crippen LogP contribution in [0.15, 0.2) is 36.7 Å². The maximum atomic E-state index is 12.5. The van der Waals surface area contributed by atoms with Gasteiger partial charge in [0.05, 0.1) is 30.8 Å². The lowest BCUT2D eigenvalue weighted by Gasteiger charge is -2.44. The summed E-state index contributed by atoms with van der Waals surface area (Å²) in [6, 6.07) is 7.37. The van der Waals surface area contributed by atoms with Crippen molar-refractivity contribution in [1.29, 1.82) is 0 Å². The van der Waals surface area contributed by atoms with Crippen molar-refractivity contribution < 1.29 is 14.6 Å². The highest BCUT2D eigenvalue weighted by molar-refractivity contribution is 5.75. The number of aliphatic hydroxyl groups is 1. The van der Waals surface area contributed by atoms with Gasteiger partial charge >= 0.3 is 6.03 Å². The predicted molar refractivity (Wildman–Crippen MR) is 107 cm³/mol. The van der Waals surface area contributed by atoms with E-state index in [1.807, 2.05) is 29.9 Å². The van der Waals surface area contributed by atoms with Crippen molar-refractivity contribution in [3.8, 4) is 0 Å². The van der Waals surface area contributed by atoms with Crippen molar-refractivity contribution >= 4 is 6.03 Å². The Kier molecular flexibility index (Phi) is 6.70. The Morgan fingerprint density at radius 2 is 2.21 bits per heavy atom. The van der Waals surface area contributed by atoms with Gasteiger partial charge in [-0.15, -0.1) is 0 Å². The number of hydrogen-bond donors (Lipinski definition) is 3. The zero-order valence-electron chi connectivity index (χ0n) is 16.8. The van der Waals surface area contributed by atoms with E-state index in [0.717, 1.165) is 12.0 Å². The Hall–Kier alpha value is -2.38. The Balaban J connectivity index is 1.56. The fraction of sp³-hybridized carbons (Fsp3) is 0.524. The zero-order valence-corrected chi connectivity index (χ0v) is 16.8. The van der Waals surface area contributed by atoms with Crippen LogP contribution in [0.1, 0.15) is 36.1 Å². The maximum Gasteiger partial charge on any atom is 0.315 e. The molecule has 0 bridgehead atoms. The van der Waals surface area contributed by atoms with Crippen LogP contribution in [-0.2, 0) is 11.2 Å². The highest BCUT2D eigenvalue weighted by atomic mass is 16.5. The summed E-state index contributed by atoms with van der Waals surface area (Å²) in [5, 5.41) is 19.9. The molecule has 2 aromatic rings. The number of nitrogens with zero attached hydrogens (tertiary/aromatic N) is 2. The van der Waals surface area contributed by atoms with E-state index in [2.05, 4.69) is 41.7 Å². The van der Waals surface area contributed by atoms with Crippen LogP contribution in [0.4, 0.5) is 4.79 Å². The molecule has 1 aliphatic carbocycles. The van der Waals surface area contributed by atoms with Gasteiger partial charge in [-0.1, -0.05) is 18.2 Å². The third kappa shape index (κ3) is 4.72. The first-order valence-electron chi connectivity index (χ1n) is 9.86. The summed E-state index contributed by atoms with van der Waals surface area (Å²) in [5.41, 5.74) is 3.53. The molecule has 152 valence electrons. The van der Waals surface area contributed by atoms with Crippen molar-refractivity contribution in [3.63, 3.8) is 0 Å². The molecule has 0 aliphatic heterocycles. The summed E-state index contributed by atoms with van der Waals surface area (Å²) >= 11 is 0. The van der Waals surface area contributed by atoms with Crippen LogP contribution in [0.5, 0.6) is 0 Å². The third-order valence-electron chi connectivity index (χ3n) is 5.42. The number of carbonyl (C=O) groups excluding carboxylic acids is 1. The number of rotatable bonds is 8. The second kappa shape index (κ2) is 9.21. The van der Waals surface area contributed by atoms with Crippen molar-refractivity contribution in [3.05, 3.63) is 53.3 Å². The Morgan fingerprint density at radius 3 is 2.86 bits per heavy atom. The molecular weight excluding hydrogens is 356 g/mol. The average molecular weight is 386 g/mol. The van der Waals surface area contributed by atoms with Crippen molar-refractivity contribution in [1.82, 2.24) is 20.4 Å². The normalized spacial score (nSPS) is 22.4. The number of aliphatic hydroxyl groups excluding tert-OH is 1. The molecule has 28 heavy (non-hydrogen) atoms. The molecule has 0 radical (unpaired) electrons. The summed E-state index contributed by atoms with van der Waals surface area (Å²) in [4.78, 5) is 12.5. The minimum absolute atomic E-state index is 0.0203. The van der Waals surface area contributed by atoms with Crippen LogP contribution < -0.4 is 10.6 Å². The molecule has 1 aromatic carbocycles. The molecule has 2 amide bonds. The molecule has 1 heterocycles. The van der Waals surface area contributed by atoms with Gasteiger partial charge in [-0.3, -0.25) is 4.68 Å². The summed E-state index contributed by atoms with van der Waals surface area (Å²) < 4.78 is 7.60. The summed E-state index contributed by atoms with van der Waals surface area (Å²) in [5.74, 6) is 0. The lowest BCUT2D eigenvalue weighted by atomic mass is 9.82. The molecule has 3 rings (SSSR count). The van der Waals surface area contributed by atoms with Gasteiger partial charge in [0.1, 0.15) is 0 Å². The Morgan fingerprint density at radius 1 is 1.39 bits per heavy atom. The quantitative estimate of drug-likeness (QED) is 0.648. The first-order valence-corrected chi connectivity index (χ1v) is 9.86. The smallest absolute Gasteiger partial charge is 0.315 e. The number of urea groups is 1. The molecule has 3 N–H and O–H groups in total. The first-order chi connectivity index (χ1) is 13.5. The number of benzene rings is 1. The fourth-order valence-corrected chi connectivity index (χ4v) is 3.70. The number of hydrogen-bond acceptors (Lipinski definition) is 4. The molecule has 0 saturated heterocycles. The minimum atomic E-state index is -0.340. The molecular formula is C21H30N4O3. The second-order valence-corrected chi connectivity index (χ2v) is 7.43. The molecule has 1 saturated carbocycles. The Labute approximate surface area is 166 Å². The first kappa shape index (κ1) is 20.4. The standard InChI is InChI=1S/C21H30N4O3/c1-4-28-19-12-18(20(19)25-9-5-8-22-25)24-21(27)23-17(13-26)11-16-7-6-14(2)15(3)10-16/h5-10,17-20,26H,4,11-13H2,1-3H3,(H2,23,24,27). The Bertz CT molecular complexity index is 778. The number of aryl methyl sites for hydroxylation is 2. The van der Waals surface area contributed by atoms with E-state index in [9.17, 15) is 9.90 Å². The van der Waals surface area contributed by atoms with Crippen LogP contribution in [-0.4, -0.2) is 52.3 Å². The fourth-order valence-electron chi connectivity index (χ4n) is 3.70. The SMILES string of the molecule is CCOC1CC(NC(=O)NC(CO)Cc2ccc(C)c(C)c2)C1n1cccn1. The van der Waals surface area contributed by atoms with Gasteiger partial charge in [0.15, 0.2) is 0 Å². The van der Waals surface area contributed by atoms with Gasteiger partial charge in [-0.2, -0.15) is 5.10 Å². The maximum absolute atomic E-state index is 12.5. The highest BCUT2D eigenvalue weighted by Gasteiger charge is 2.44. The molecule has 0 spiro atoms. The van der Waals surface area contributed by atoms with Crippen LogP contribution in [0, 0.1) is 13.8 Å². The van der Waals surface area contributed by atoms with Gasteiger partial charge in [-0.25, -0.2) is 4.79 Å². The number of nitrogens with one attached hydrogen (secondary N) is 2. The van der Waals surface area contributed by atoms with E-state index in [1.54, 1.807) is 6.20 Å². The second-order valence-electron chi connectivity index (χ2n) is 7.43. The largest absolute Gasteiger partial charge is 0.394 e. The van der Waals surface area contributed by atoms with Gasteiger partial charge in [0.25, 0.3) is 0 Å².